The number of halogens is 1. The smallest absolute Gasteiger partial charge is 0.331 e. The average Bonchev–Trinajstić information content (AvgIpc) is 3.60. The van der Waals surface area contributed by atoms with Gasteiger partial charge in [0.1, 0.15) is 11.2 Å². The minimum Gasteiger partial charge on any atom is -0.477 e. The van der Waals surface area contributed by atoms with Crippen molar-refractivity contribution < 1.29 is 23.8 Å². The summed E-state index contributed by atoms with van der Waals surface area (Å²) in [4.78, 5) is 29.8. The maximum Gasteiger partial charge on any atom is 0.331 e. The van der Waals surface area contributed by atoms with E-state index in [9.17, 15) is 9.59 Å². The molecule has 0 radical (unpaired) electrons. The Morgan fingerprint density at radius 1 is 1.06 bits per heavy atom. The number of aromatic nitrogens is 1. The first-order chi connectivity index (χ1) is 16.4. The number of amides is 1. The van der Waals surface area contributed by atoms with Crippen molar-refractivity contribution in [2.75, 3.05) is 19.8 Å². The SMILES string of the molecule is CCOC(=O)C(CC)(CC)NC(=O)c1ccc(Br)c(OCC2CC2COCc2ccccc2)n1. The molecule has 1 amide bonds. The quantitative estimate of drug-likeness (QED) is 0.368. The normalized spacial score (nSPS) is 17.2. The topological polar surface area (TPSA) is 86.8 Å². The molecular weight excluding hydrogens is 500 g/mol. The van der Waals surface area contributed by atoms with Gasteiger partial charge in [-0.3, -0.25) is 4.79 Å². The van der Waals surface area contributed by atoms with Crippen LogP contribution >= 0.6 is 15.9 Å². The van der Waals surface area contributed by atoms with E-state index in [1.165, 1.54) is 0 Å². The van der Waals surface area contributed by atoms with Crippen molar-refractivity contribution in [1.29, 1.82) is 0 Å². The van der Waals surface area contributed by atoms with Crippen LogP contribution in [-0.2, 0) is 20.9 Å². The summed E-state index contributed by atoms with van der Waals surface area (Å²) >= 11 is 3.45. The van der Waals surface area contributed by atoms with E-state index < -0.39 is 17.4 Å². The molecule has 0 spiro atoms. The Hall–Kier alpha value is -2.45. The predicted molar refractivity (Wildman–Crippen MR) is 133 cm³/mol. The summed E-state index contributed by atoms with van der Waals surface area (Å²) in [6.45, 7) is 7.51. The number of esters is 1. The minimum absolute atomic E-state index is 0.187. The Morgan fingerprint density at radius 2 is 1.76 bits per heavy atom. The van der Waals surface area contributed by atoms with Crippen molar-refractivity contribution in [3.63, 3.8) is 0 Å². The van der Waals surface area contributed by atoms with E-state index in [0.29, 0.717) is 54.9 Å². The Morgan fingerprint density at radius 3 is 2.44 bits per heavy atom. The van der Waals surface area contributed by atoms with Gasteiger partial charge in [0.15, 0.2) is 0 Å². The molecule has 1 N–H and O–H groups in total. The molecule has 1 heterocycles. The Kier molecular flexibility index (Phi) is 9.47. The van der Waals surface area contributed by atoms with Crippen LogP contribution in [0.4, 0.5) is 0 Å². The van der Waals surface area contributed by atoms with Crippen LogP contribution in [0.1, 0.15) is 56.1 Å². The van der Waals surface area contributed by atoms with Gasteiger partial charge in [0.25, 0.3) is 5.91 Å². The zero-order chi connectivity index (χ0) is 24.6. The van der Waals surface area contributed by atoms with Crippen LogP contribution in [-0.4, -0.2) is 42.2 Å². The molecule has 1 saturated carbocycles. The zero-order valence-corrected chi connectivity index (χ0v) is 21.6. The molecule has 7 nitrogen and oxygen atoms in total. The van der Waals surface area contributed by atoms with Crippen LogP contribution in [0.15, 0.2) is 46.9 Å². The number of ether oxygens (including phenoxy) is 3. The van der Waals surface area contributed by atoms with Crippen LogP contribution in [0.5, 0.6) is 5.88 Å². The molecule has 0 aliphatic heterocycles. The number of hydrogen-bond acceptors (Lipinski definition) is 6. The Labute approximate surface area is 209 Å². The molecule has 8 heteroatoms. The van der Waals surface area contributed by atoms with Crippen molar-refractivity contribution in [1.82, 2.24) is 10.3 Å². The van der Waals surface area contributed by atoms with Crippen molar-refractivity contribution in [2.24, 2.45) is 11.8 Å². The lowest BCUT2D eigenvalue weighted by molar-refractivity contribution is -0.151. The standard InChI is InChI=1S/C26H33BrN2O5/c1-4-26(5-2,25(31)33-6-3)29-23(30)22-13-12-21(27)24(28-22)34-17-20-14-19(20)16-32-15-18-10-8-7-9-11-18/h7-13,19-20H,4-6,14-17H2,1-3H3,(H,29,30). The summed E-state index contributed by atoms with van der Waals surface area (Å²) in [5, 5.41) is 2.83. The molecule has 3 rings (SSSR count). The van der Waals surface area contributed by atoms with Gasteiger partial charge in [-0.2, -0.15) is 0 Å². The highest BCUT2D eigenvalue weighted by Gasteiger charge is 2.39. The summed E-state index contributed by atoms with van der Waals surface area (Å²) in [5.74, 6) is 0.356. The second-order valence-corrected chi connectivity index (χ2v) is 9.37. The highest BCUT2D eigenvalue weighted by molar-refractivity contribution is 9.10. The van der Waals surface area contributed by atoms with Crippen LogP contribution in [0.2, 0.25) is 0 Å². The number of carbonyl (C=O) groups is 2. The molecule has 1 aromatic carbocycles. The first kappa shape index (κ1) is 26.2. The second kappa shape index (κ2) is 12.3. The summed E-state index contributed by atoms with van der Waals surface area (Å²) < 4.78 is 17.6. The Bertz CT molecular complexity index is 965. The van der Waals surface area contributed by atoms with Gasteiger partial charge < -0.3 is 19.5 Å². The number of hydrogen-bond donors (Lipinski definition) is 1. The summed E-state index contributed by atoms with van der Waals surface area (Å²) in [6.07, 6.45) is 1.88. The van der Waals surface area contributed by atoms with Crippen LogP contribution < -0.4 is 10.1 Å². The largest absolute Gasteiger partial charge is 0.477 e. The number of pyridine rings is 1. The molecule has 1 aliphatic rings. The maximum absolute atomic E-state index is 12.9. The molecule has 0 bridgehead atoms. The van der Waals surface area contributed by atoms with Crippen LogP contribution in [0.3, 0.4) is 0 Å². The van der Waals surface area contributed by atoms with Gasteiger partial charge >= 0.3 is 5.97 Å². The van der Waals surface area contributed by atoms with Gasteiger partial charge in [0, 0.05) is 0 Å². The van der Waals surface area contributed by atoms with Crippen LogP contribution in [0.25, 0.3) is 0 Å². The van der Waals surface area contributed by atoms with Crippen molar-refractivity contribution >= 4 is 27.8 Å². The fraction of sp³-hybridized carbons (Fsp3) is 0.500. The zero-order valence-electron chi connectivity index (χ0n) is 20.0. The van der Waals surface area contributed by atoms with E-state index in [1.807, 2.05) is 32.0 Å². The number of benzene rings is 1. The lowest BCUT2D eigenvalue weighted by Crippen LogP contribution is -2.54. The predicted octanol–water partition coefficient (Wildman–Crippen LogP) is 4.93. The molecule has 34 heavy (non-hydrogen) atoms. The minimum atomic E-state index is -1.08. The highest BCUT2D eigenvalue weighted by Crippen LogP contribution is 2.39. The van der Waals surface area contributed by atoms with E-state index >= 15 is 0 Å². The summed E-state index contributed by atoms with van der Waals surface area (Å²) in [7, 11) is 0. The number of nitrogens with zero attached hydrogens (tertiary/aromatic N) is 1. The molecule has 2 atom stereocenters. The van der Waals surface area contributed by atoms with E-state index in [-0.39, 0.29) is 12.3 Å². The first-order valence-electron chi connectivity index (χ1n) is 11.8. The van der Waals surface area contributed by atoms with Crippen molar-refractivity contribution in [3.8, 4) is 5.88 Å². The molecule has 1 aromatic heterocycles. The molecular formula is C26H33BrN2O5. The molecule has 2 unspecified atom stereocenters. The van der Waals surface area contributed by atoms with Gasteiger partial charge in [0.2, 0.25) is 5.88 Å². The lowest BCUT2D eigenvalue weighted by atomic mass is 9.92. The molecule has 2 aromatic rings. The van der Waals surface area contributed by atoms with Gasteiger partial charge in [-0.05, 0) is 71.6 Å². The van der Waals surface area contributed by atoms with Gasteiger partial charge in [-0.1, -0.05) is 44.2 Å². The van der Waals surface area contributed by atoms with Gasteiger partial charge in [0.05, 0.1) is 30.9 Å². The lowest BCUT2D eigenvalue weighted by Gasteiger charge is -2.30. The van der Waals surface area contributed by atoms with E-state index in [1.54, 1.807) is 19.1 Å². The number of rotatable bonds is 13. The highest BCUT2D eigenvalue weighted by atomic mass is 79.9. The average molecular weight is 533 g/mol. The van der Waals surface area contributed by atoms with E-state index in [4.69, 9.17) is 14.2 Å². The maximum atomic E-state index is 12.9. The fourth-order valence-corrected chi connectivity index (χ4v) is 4.11. The third-order valence-corrected chi connectivity index (χ3v) is 6.82. The third kappa shape index (κ3) is 6.79. The van der Waals surface area contributed by atoms with Gasteiger partial charge in [-0.25, -0.2) is 9.78 Å². The molecule has 1 fully saturated rings. The number of carbonyl (C=O) groups excluding carboxylic acids is 2. The summed E-state index contributed by atoms with van der Waals surface area (Å²) in [5.41, 5.74) is 0.272. The van der Waals surface area contributed by atoms with Crippen LogP contribution in [0, 0.1) is 11.8 Å². The van der Waals surface area contributed by atoms with E-state index in [2.05, 4.69) is 38.4 Å². The Balaban J connectivity index is 1.52. The monoisotopic (exact) mass is 532 g/mol. The first-order valence-corrected chi connectivity index (χ1v) is 12.6. The molecule has 0 saturated heterocycles. The van der Waals surface area contributed by atoms with Crippen molar-refractivity contribution in [3.05, 3.63) is 58.2 Å². The second-order valence-electron chi connectivity index (χ2n) is 8.51. The molecule has 184 valence electrons. The summed E-state index contributed by atoms with van der Waals surface area (Å²) in [6, 6.07) is 13.4. The van der Waals surface area contributed by atoms with Gasteiger partial charge in [-0.15, -0.1) is 0 Å². The molecule has 1 aliphatic carbocycles. The third-order valence-electron chi connectivity index (χ3n) is 6.22. The van der Waals surface area contributed by atoms with E-state index in [0.717, 1.165) is 12.0 Å². The number of nitrogens with one attached hydrogen (secondary N) is 1. The fourth-order valence-electron chi connectivity index (χ4n) is 3.78. The van der Waals surface area contributed by atoms with Crippen molar-refractivity contribution in [2.45, 2.75) is 52.2 Å².